The summed E-state index contributed by atoms with van der Waals surface area (Å²) in [6.45, 7) is 2.53. The second-order valence-corrected chi connectivity index (χ2v) is 4.72. The maximum absolute atomic E-state index is 5.15. The van der Waals surface area contributed by atoms with Gasteiger partial charge in [-0.2, -0.15) is 0 Å². The van der Waals surface area contributed by atoms with Crippen molar-refractivity contribution in [2.24, 2.45) is 4.99 Å². The van der Waals surface area contributed by atoms with Crippen LogP contribution in [-0.2, 0) is 11.2 Å². The summed E-state index contributed by atoms with van der Waals surface area (Å²) in [5.41, 5.74) is 1.32. The highest BCUT2D eigenvalue weighted by atomic mass is 16.5. The molecule has 0 heterocycles. The molecule has 0 saturated carbocycles. The molecule has 1 aromatic carbocycles. The average molecular weight is 293 g/mol. The molecule has 0 spiro atoms. The number of rotatable bonds is 9. The van der Waals surface area contributed by atoms with Gasteiger partial charge < -0.3 is 20.1 Å². The zero-order valence-electron chi connectivity index (χ0n) is 13.3. The van der Waals surface area contributed by atoms with Gasteiger partial charge in [-0.05, 0) is 37.0 Å². The van der Waals surface area contributed by atoms with E-state index in [0.717, 1.165) is 50.7 Å². The molecule has 0 aromatic heterocycles. The molecule has 0 fully saturated rings. The van der Waals surface area contributed by atoms with Gasteiger partial charge in [0, 0.05) is 33.9 Å². The van der Waals surface area contributed by atoms with Crippen LogP contribution in [0.15, 0.2) is 29.3 Å². The Hall–Kier alpha value is -1.75. The Kier molecular flexibility index (Phi) is 9.04. The van der Waals surface area contributed by atoms with Gasteiger partial charge in [0.2, 0.25) is 0 Å². The third kappa shape index (κ3) is 7.56. The molecule has 2 N–H and O–H groups in total. The second-order valence-electron chi connectivity index (χ2n) is 4.72. The van der Waals surface area contributed by atoms with E-state index >= 15 is 0 Å². The van der Waals surface area contributed by atoms with Crippen LogP contribution >= 0.6 is 0 Å². The van der Waals surface area contributed by atoms with Crippen LogP contribution in [0.1, 0.15) is 18.4 Å². The summed E-state index contributed by atoms with van der Waals surface area (Å²) >= 11 is 0. The van der Waals surface area contributed by atoms with Crippen molar-refractivity contribution in [3.8, 4) is 5.75 Å². The van der Waals surface area contributed by atoms with Crippen molar-refractivity contribution >= 4 is 5.96 Å². The lowest BCUT2D eigenvalue weighted by atomic mass is 10.1. The summed E-state index contributed by atoms with van der Waals surface area (Å²) in [6.07, 6.45) is 3.08. The first-order valence-electron chi connectivity index (χ1n) is 7.36. The molecular weight excluding hydrogens is 266 g/mol. The molecule has 0 aliphatic rings. The summed E-state index contributed by atoms with van der Waals surface area (Å²) in [5.74, 6) is 1.75. The summed E-state index contributed by atoms with van der Waals surface area (Å²) in [7, 11) is 5.19. The van der Waals surface area contributed by atoms with Crippen LogP contribution in [-0.4, -0.2) is 46.9 Å². The fraction of sp³-hybridized carbons (Fsp3) is 0.562. The number of aryl methyl sites for hydroxylation is 1. The number of ether oxygens (including phenoxy) is 2. The van der Waals surface area contributed by atoms with Crippen LogP contribution in [0.4, 0.5) is 0 Å². The van der Waals surface area contributed by atoms with E-state index in [9.17, 15) is 0 Å². The van der Waals surface area contributed by atoms with E-state index in [1.54, 1.807) is 21.3 Å². The van der Waals surface area contributed by atoms with Gasteiger partial charge in [0.25, 0.3) is 0 Å². The maximum Gasteiger partial charge on any atom is 0.190 e. The van der Waals surface area contributed by atoms with Gasteiger partial charge in [0.05, 0.1) is 7.11 Å². The minimum Gasteiger partial charge on any atom is -0.497 e. The fourth-order valence-corrected chi connectivity index (χ4v) is 1.94. The molecule has 1 aromatic rings. The minimum atomic E-state index is 0.765. The van der Waals surface area contributed by atoms with Gasteiger partial charge in [-0.1, -0.05) is 12.1 Å². The normalized spacial score (nSPS) is 11.3. The van der Waals surface area contributed by atoms with E-state index in [4.69, 9.17) is 9.47 Å². The van der Waals surface area contributed by atoms with E-state index in [1.807, 2.05) is 12.1 Å². The summed E-state index contributed by atoms with van der Waals surface area (Å²) in [4.78, 5) is 4.19. The molecular formula is C16H27N3O2. The van der Waals surface area contributed by atoms with Crippen molar-refractivity contribution < 1.29 is 9.47 Å². The third-order valence-corrected chi connectivity index (χ3v) is 3.14. The molecule has 0 saturated heterocycles. The van der Waals surface area contributed by atoms with E-state index < -0.39 is 0 Å². The molecule has 0 aliphatic heterocycles. The number of nitrogens with one attached hydrogen (secondary N) is 2. The Morgan fingerprint density at radius 2 is 1.71 bits per heavy atom. The van der Waals surface area contributed by atoms with E-state index in [0.29, 0.717) is 0 Å². The summed E-state index contributed by atoms with van der Waals surface area (Å²) in [6, 6.07) is 8.21. The lowest BCUT2D eigenvalue weighted by Crippen LogP contribution is -2.38. The van der Waals surface area contributed by atoms with E-state index in [1.165, 1.54) is 5.56 Å². The highest BCUT2D eigenvalue weighted by molar-refractivity contribution is 5.79. The van der Waals surface area contributed by atoms with Crippen molar-refractivity contribution in [3.05, 3.63) is 29.8 Å². The number of hydrogen-bond acceptors (Lipinski definition) is 3. The summed E-state index contributed by atoms with van der Waals surface area (Å²) < 4.78 is 10.2. The van der Waals surface area contributed by atoms with Gasteiger partial charge in [-0.25, -0.2) is 0 Å². The Bertz CT molecular complexity index is 404. The third-order valence-electron chi connectivity index (χ3n) is 3.14. The maximum atomic E-state index is 5.15. The standard InChI is InChI=1S/C16H27N3O2/c1-17-16(19-12-5-13-20-2)18-11-4-6-14-7-9-15(21-3)10-8-14/h7-10H,4-6,11-13H2,1-3H3,(H2,17,18,19). The molecule has 5 nitrogen and oxygen atoms in total. The highest BCUT2D eigenvalue weighted by Crippen LogP contribution is 2.12. The van der Waals surface area contributed by atoms with Crippen LogP contribution in [0.25, 0.3) is 0 Å². The molecule has 0 aliphatic carbocycles. The van der Waals surface area contributed by atoms with Crippen molar-refractivity contribution in [2.75, 3.05) is 41.0 Å². The van der Waals surface area contributed by atoms with Crippen LogP contribution in [0, 0.1) is 0 Å². The highest BCUT2D eigenvalue weighted by Gasteiger charge is 1.98. The topological polar surface area (TPSA) is 54.9 Å². The molecule has 118 valence electrons. The summed E-state index contributed by atoms with van der Waals surface area (Å²) in [5, 5.41) is 6.57. The zero-order chi connectivity index (χ0) is 15.3. The van der Waals surface area contributed by atoms with Crippen molar-refractivity contribution in [1.82, 2.24) is 10.6 Å². The van der Waals surface area contributed by atoms with E-state index in [2.05, 4.69) is 27.8 Å². The lowest BCUT2D eigenvalue weighted by Gasteiger charge is -2.11. The van der Waals surface area contributed by atoms with Crippen molar-refractivity contribution in [3.63, 3.8) is 0 Å². The Morgan fingerprint density at radius 3 is 2.29 bits per heavy atom. The number of benzene rings is 1. The van der Waals surface area contributed by atoms with E-state index in [-0.39, 0.29) is 0 Å². The first kappa shape index (κ1) is 17.3. The fourth-order valence-electron chi connectivity index (χ4n) is 1.94. The lowest BCUT2D eigenvalue weighted by molar-refractivity contribution is 0.195. The zero-order valence-corrected chi connectivity index (χ0v) is 13.3. The van der Waals surface area contributed by atoms with Crippen LogP contribution < -0.4 is 15.4 Å². The molecule has 0 atom stereocenters. The average Bonchev–Trinajstić information content (AvgIpc) is 2.54. The molecule has 0 amide bonds. The van der Waals surface area contributed by atoms with Gasteiger partial charge in [-0.15, -0.1) is 0 Å². The molecule has 21 heavy (non-hydrogen) atoms. The second kappa shape index (κ2) is 11.0. The Morgan fingerprint density at radius 1 is 1.05 bits per heavy atom. The molecule has 1 rings (SSSR count). The number of hydrogen-bond donors (Lipinski definition) is 2. The minimum absolute atomic E-state index is 0.765. The first-order chi connectivity index (χ1) is 10.3. The quantitative estimate of drug-likeness (QED) is 0.414. The smallest absolute Gasteiger partial charge is 0.190 e. The number of methoxy groups -OCH3 is 2. The van der Waals surface area contributed by atoms with Crippen LogP contribution in [0.3, 0.4) is 0 Å². The monoisotopic (exact) mass is 293 g/mol. The largest absolute Gasteiger partial charge is 0.497 e. The van der Waals surface area contributed by atoms with Crippen molar-refractivity contribution in [2.45, 2.75) is 19.3 Å². The van der Waals surface area contributed by atoms with Gasteiger partial charge in [-0.3, -0.25) is 4.99 Å². The molecule has 0 bridgehead atoms. The van der Waals surface area contributed by atoms with Crippen LogP contribution in [0.2, 0.25) is 0 Å². The predicted molar refractivity (Wildman–Crippen MR) is 87.2 cm³/mol. The van der Waals surface area contributed by atoms with Gasteiger partial charge in [0.1, 0.15) is 5.75 Å². The molecule has 0 radical (unpaired) electrons. The number of aliphatic imine (C=N–C) groups is 1. The van der Waals surface area contributed by atoms with Crippen molar-refractivity contribution in [1.29, 1.82) is 0 Å². The Balaban J connectivity index is 2.16. The first-order valence-corrected chi connectivity index (χ1v) is 7.36. The number of guanidine groups is 1. The SMILES string of the molecule is CN=C(NCCCOC)NCCCc1ccc(OC)cc1. The predicted octanol–water partition coefficient (Wildman–Crippen LogP) is 1.83. The van der Waals surface area contributed by atoms with Crippen LogP contribution in [0.5, 0.6) is 5.75 Å². The molecule has 0 unspecified atom stereocenters. The Labute approximate surface area is 127 Å². The van der Waals surface area contributed by atoms with Gasteiger partial charge >= 0.3 is 0 Å². The number of nitrogens with zero attached hydrogens (tertiary/aromatic N) is 1. The molecule has 5 heteroatoms. The van der Waals surface area contributed by atoms with Gasteiger partial charge in [0.15, 0.2) is 5.96 Å².